The van der Waals surface area contributed by atoms with Gasteiger partial charge in [0.1, 0.15) is 0 Å². The average molecular weight is 262 g/mol. The van der Waals surface area contributed by atoms with Crippen molar-refractivity contribution in [3.05, 3.63) is 60.9 Å². The van der Waals surface area contributed by atoms with Crippen LogP contribution in [0.1, 0.15) is 0 Å². The number of rotatable bonds is 3. The molecule has 2 aromatic carbocycles. The van der Waals surface area contributed by atoms with Gasteiger partial charge in [-0.2, -0.15) is 10.2 Å². The van der Waals surface area contributed by atoms with E-state index in [1.165, 1.54) is 21.8 Å². The highest BCUT2D eigenvalue weighted by Gasteiger charge is 2.04. The van der Waals surface area contributed by atoms with Crippen molar-refractivity contribution >= 4 is 21.8 Å². The van der Waals surface area contributed by atoms with Gasteiger partial charge >= 0.3 is 0 Å². The van der Waals surface area contributed by atoms with Crippen LogP contribution in [0.2, 0.25) is 0 Å². The first kappa shape index (κ1) is 11.2. The van der Waals surface area contributed by atoms with E-state index in [1.54, 1.807) is 0 Å². The first-order chi connectivity index (χ1) is 9.92. The van der Waals surface area contributed by atoms with Gasteiger partial charge in [-0.3, -0.25) is 9.36 Å². The van der Waals surface area contributed by atoms with Gasteiger partial charge in [0.05, 0.1) is 36.5 Å². The fourth-order valence-electron chi connectivity index (χ4n) is 2.60. The monoisotopic (exact) mass is 262 g/mol. The highest BCUT2D eigenvalue weighted by Crippen LogP contribution is 2.15. The summed E-state index contributed by atoms with van der Waals surface area (Å²) in [4.78, 5) is 0. The van der Waals surface area contributed by atoms with Crippen molar-refractivity contribution in [3.8, 4) is 0 Å². The summed E-state index contributed by atoms with van der Waals surface area (Å²) in [6.45, 7) is 1.64. The van der Waals surface area contributed by atoms with Gasteiger partial charge in [0, 0.05) is 10.8 Å². The number of aromatic nitrogens is 4. The number of fused-ring (bicyclic) bond motifs is 2. The second-order valence-electron chi connectivity index (χ2n) is 4.85. The van der Waals surface area contributed by atoms with Crippen molar-refractivity contribution in [2.45, 2.75) is 13.1 Å². The molecule has 0 radical (unpaired) electrons. The second-order valence-corrected chi connectivity index (χ2v) is 4.85. The van der Waals surface area contributed by atoms with E-state index in [1.807, 2.05) is 46.0 Å². The molecule has 0 unspecified atom stereocenters. The van der Waals surface area contributed by atoms with Gasteiger partial charge in [0.25, 0.3) is 0 Å². The number of para-hydroxylation sites is 2. The minimum atomic E-state index is 0.819. The SMILES string of the molecule is c1ccc2c(c1)cnn2CCn1ncc2ccccc21. The molecule has 0 spiro atoms. The van der Waals surface area contributed by atoms with Crippen LogP contribution in [0, 0.1) is 0 Å². The molecule has 0 amide bonds. The normalized spacial score (nSPS) is 11.4. The minimum Gasteiger partial charge on any atom is -0.263 e. The lowest BCUT2D eigenvalue weighted by Crippen LogP contribution is -2.09. The van der Waals surface area contributed by atoms with Crippen molar-refractivity contribution in [1.29, 1.82) is 0 Å². The first-order valence-electron chi connectivity index (χ1n) is 6.73. The van der Waals surface area contributed by atoms with Gasteiger partial charge in [-0.15, -0.1) is 0 Å². The molecule has 98 valence electrons. The summed E-state index contributed by atoms with van der Waals surface area (Å²) in [5.74, 6) is 0. The van der Waals surface area contributed by atoms with E-state index in [9.17, 15) is 0 Å². The van der Waals surface area contributed by atoms with Crippen molar-refractivity contribution in [2.75, 3.05) is 0 Å². The van der Waals surface area contributed by atoms with Crippen LogP contribution in [-0.2, 0) is 13.1 Å². The molecule has 4 heteroatoms. The number of benzene rings is 2. The van der Waals surface area contributed by atoms with Crippen LogP contribution in [0.5, 0.6) is 0 Å². The first-order valence-corrected chi connectivity index (χ1v) is 6.73. The van der Waals surface area contributed by atoms with Gasteiger partial charge in [0.2, 0.25) is 0 Å². The summed E-state index contributed by atoms with van der Waals surface area (Å²) in [5, 5.41) is 11.3. The van der Waals surface area contributed by atoms with E-state index in [0.717, 1.165) is 13.1 Å². The molecular weight excluding hydrogens is 248 g/mol. The summed E-state index contributed by atoms with van der Waals surface area (Å²) in [5.41, 5.74) is 2.34. The topological polar surface area (TPSA) is 35.6 Å². The van der Waals surface area contributed by atoms with E-state index in [4.69, 9.17) is 0 Å². The number of hydrogen-bond acceptors (Lipinski definition) is 2. The lowest BCUT2D eigenvalue weighted by molar-refractivity contribution is 0.521. The van der Waals surface area contributed by atoms with E-state index in [0.29, 0.717) is 0 Å². The molecule has 0 saturated carbocycles. The molecule has 4 rings (SSSR count). The molecule has 4 nitrogen and oxygen atoms in total. The van der Waals surface area contributed by atoms with E-state index >= 15 is 0 Å². The summed E-state index contributed by atoms with van der Waals surface area (Å²) < 4.78 is 4.07. The quantitative estimate of drug-likeness (QED) is 0.569. The summed E-state index contributed by atoms with van der Waals surface area (Å²) in [6.07, 6.45) is 3.83. The predicted molar refractivity (Wildman–Crippen MR) is 79.5 cm³/mol. The molecule has 0 bridgehead atoms. The predicted octanol–water partition coefficient (Wildman–Crippen LogP) is 3.09. The molecule has 2 aromatic heterocycles. The Morgan fingerprint density at radius 3 is 1.60 bits per heavy atom. The third-order valence-electron chi connectivity index (χ3n) is 3.63. The fourth-order valence-corrected chi connectivity index (χ4v) is 2.60. The van der Waals surface area contributed by atoms with Crippen molar-refractivity contribution < 1.29 is 0 Å². The smallest absolute Gasteiger partial charge is 0.0683 e. The number of nitrogens with zero attached hydrogens (tertiary/aromatic N) is 4. The molecule has 0 saturated heterocycles. The van der Waals surface area contributed by atoms with Crippen LogP contribution >= 0.6 is 0 Å². The number of hydrogen-bond donors (Lipinski definition) is 0. The second kappa shape index (κ2) is 4.49. The Kier molecular flexibility index (Phi) is 2.52. The van der Waals surface area contributed by atoms with E-state index < -0.39 is 0 Å². The maximum atomic E-state index is 4.45. The van der Waals surface area contributed by atoms with E-state index in [2.05, 4.69) is 34.5 Å². The molecule has 0 aliphatic carbocycles. The Morgan fingerprint density at radius 1 is 0.650 bits per heavy atom. The zero-order chi connectivity index (χ0) is 13.4. The molecule has 0 aliphatic heterocycles. The van der Waals surface area contributed by atoms with Crippen molar-refractivity contribution in [3.63, 3.8) is 0 Å². The maximum Gasteiger partial charge on any atom is 0.0683 e. The molecule has 0 N–H and O–H groups in total. The zero-order valence-corrected chi connectivity index (χ0v) is 11.0. The van der Waals surface area contributed by atoms with Gasteiger partial charge in [-0.25, -0.2) is 0 Å². The Balaban J connectivity index is 1.64. The largest absolute Gasteiger partial charge is 0.263 e. The van der Waals surface area contributed by atoms with Crippen molar-refractivity contribution in [1.82, 2.24) is 19.6 Å². The lowest BCUT2D eigenvalue weighted by atomic mass is 10.2. The highest BCUT2D eigenvalue weighted by molar-refractivity contribution is 5.79. The third-order valence-corrected chi connectivity index (χ3v) is 3.63. The van der Waals surface area contributed by atoms with Crippen LogP contribution in [0.15, 0.2) is 60.9 Å². The van der Waals surface area contributed by atoms with E-state index in [-0.39, 0.29) is 0 Å². The summed E-state index contributed by atoms with van der Waals surface area (Å²) in [6, 6.07) is 16.5. The van der Waals surface area contributed by atoms with Gasteiger partial charge in [-0.1, -0.05) is 36.4 Å². The van der Waals surface area contributed by atoms with Gasteiger partial charge in [-0.05, 0) is 12.1 Å². The standard InChI is InChI=1S/C16H14N4/c1-3-7-15-13(5-1)11-17-19(15)9-10-20-16-8-4-2-6-14(16)12-18-20/h1-8,11-12H,9-10H2. The molecule has 0 atom stereocenters. The summed E-state index contributed by atoms with van der Waals surface area (Å²) >= 11 is 0. The maximum absolute atomic E-state index is 4.45. The Hall–Kier alpha value is -2.62. The van der Waals surface area contributed by atoms with Crippen molar-refractivity contribution in [2.24, 2.45) is 0 Å². The van der Waals surface area contributed by atoms with Crippen LogP contribution < -0.4 is 0 Å². The minimum absolute atomic E-state index is 0.819. The lowest BCUT2D eigenvalue weighted by Gasteiger charge is -2.05. The number of aryl methyl sites for hydroxylation is 2. The van der Waals surface area contributed by atoms with Crippen LogP contribution in [0.4, 0.5) is 0 Å². The highest BCUT2D eigenvalue weighted by atomic mass is 15.3. The molecule has 4 aromatic rings. The molecule has 0 aliphatic rings. The Morgan fingerprint density at radius 2 is 1.10 bits per heavy atom. The molecule has 0 fully saturated rings. The molecular formula is C16H14N4. The van der Waals surface area contributed by atoms with Gasteiger partial charge in [0.15, 0.2) is 0 Å². The van der Waals surface area contributed by atoms with Crippen LogP contribution in [0.3, 0.4) is 0 Å². The Labute approximate surface area is 116 Å². The van der Waals surface area contributed by atoms with Gasteiger partial charge < -0.3 is 0 Å². The fraction of sp³-hybridized carbons (Fsp3) is 0.125. The third kappa shape index (κ3) is 1.77. The van der Waals surface area contributed by atoms with Crippen LogP contribution in [-0.4, -0.2) is 19.6 Å². The summed E-state index contributed by atoms with van der Waals surface area (Å²) in [7, 11) is 0. The Bertz CT molecular complexity index is 798. The molecule has 20 heavy (non-hydrogen) atoms. The molecule has 2 heterocycles. The zero-order valence-electron chi connectivity index (χ0n) is 11.0. The average Bonchev–Trinajstić information content (AvgIpc) is 3.09. The van der Waals surface area contributed by atoms with Crippen LogP contribution in [0.25, 0.3) is 21.8 Å².